The Labute approximate surface area is 106 Å². The van der Waals surface area contributed by atoms with Gasteiger partial charge in [-0.2, -0.15) is 26.3 Å². The van der Waals surface area contributed by atoms with Gasteiger partial charge in [-0.05, 0) is 55.3 Å². The van der Waals surface area contributed by atoms with Crippen LogP contribution in [0.15, 0.2) is 0 Å². The van der Waals surface area contributed by atoms with E-state index in [-0.39, 0.29) is 17.3 Å². The van der Waals surface area contributed by atoms with Crippen molar-refractivity contribution in [1.29, 1.82) is 0 Å². The molecule has 0 radical (unpaired) electrons. The van der Waals surface area contributed by atoms with E-state index in [1.54, 1.807) is 0 Å². The van der Waals surface area contributed by atoms with E-state index in [1.807, 2.05) is 0 Å². The quantitative estimate of drug-likeness (QED) is 0.769. The van der Waals surface area contributed by atoms with Gasteiger partial charge in [-0.15, -0.1) is 0 Å². The Morgan fingerprint density at radius 1 is 1.05 bits per heavy atom. The molecular formula is C12H14F6O. The van der Waals surface area contributed by atoms with Crippen LogP contribution in [0, 0.1) is 23.2 Å². The van der Waals surface area contributed by atoms with Gasteiger partial charge in [0, 0.05) is 0 Å². The lowest BCUT2D eigenvalue weighted by atomic mass is 9.71. The zero-order valence-electron chi connectivity index (χ0n) is 9.98. The molecule has 0 aliphatic heterocycles. The molecule has 3 saturated carbocycles. The molecule has 3 aliphatic rings. The minimum absolute atomic E-state index is 0.0394. The van der Waals surface area contributed by atoms with Crippen molar-refractivity contribution < 1.29 is 31.4 Å². The highest BCUT2D eigenvalue weighted by Gasteiger charge is 2.75. The molecule has 4 unspecified atom stereocenters. The van der Waals surface area contributed by atoms with Gasteiger partial charge in [0.1, 0.15) is 0 Å². The maximum absolute atomic E-state index is 12.6. The molecule has 0 bridgehead atoms. The van der Waals surface area contributed by atoms with E-state index in [2.05, 4.69) is 0 Å². The highest BCUT2D eigenvalue weighted by Crippen LogP contribution is 2.78. The lowest BCUT2D eigenvalue weighted by molar-refractivity contribution is -0.373. The van der Waals surface area contributed by atoms with Gasteiger partial charge in [-0.3, -0.25) is 0 Å². The van der Waals surface area contributed by atoms with E-state index in [4.69, 9.17) is 0 Å². The highest BCUT2D eigenvalue weighted by molar-refractivity contribution is 5.20. The number of aliphatic hydroxyl groups is 1. The van der Waals surface area contributed by atoms with E-state index in [0.717, 1.165) is 19.3 Å². The Hall–Kier alpha value is -0.460. The first-order chi connectivity index (χ1) is 8.51. The first kappa shape index (κ1) is 13.5. The van der Waals surface area contributed by atoms with Crippen LogP contribution in [0.3, 0.4) is 0 Å². The second-order valence-electron chi connectivity index (χ2n) is 6.34. The van der Waals surface area contributed by atoms with Gasteiger partial charge in [0.05, 0.1) is 0 Å². The fourth-order valence-electron chi connectivity index (χ4n) is 4.34. The molecule has 3 aliphatic carbocycles. The number of rotatable bonds is 2. The highest BCUT2D eigenvalue weighted by atomic mass is 19.4. The Bertz CT molecular complexity index is 386. The third-order valence-electron chi connectivity index (χ3n) is 5.60. The molecule has 0 saturated heterocycles. The van der Waals surface area contributed by atoms with Crippen molar-refractivity contribution in [3.8, 4) is 0 Å². The van der Waals surface area contributed by atoms with Crippen molar-refractivity contribution in [1.82, 2.24) is 0 Å². The second kappa shape index (κ2) is 3.40. The van der Waals surface area contributed by atoms with Crippen molar-refractivity contribution in [2.75, 3.05) is 0 Å². The molecule has 1 N–H and O–H groups in total. The van der Waals surface area contributed by atoms with Crippen LogP contribution in [0.1, 0.15) is 32.1 Å². The predicted octanol–water partition coefficient (Wildman–Crippen LogP) is 3.67. The third kappa shape index (κ3) is 1.59. The summed E-state index contributed by atoms with van der Waals surface area (Å²) in [4.78, 5) is 0. The normalized spacial score (nSPS) is 41.5. The van der Waals surface area contributed by atoms with Gasteiger partial charge < -0.3 is 5.11 Å². The Morgan fingerprint density at radius 3 is 1.89 bits per heavy atom. The molecule has 3 rings (SSSR count). The SMILES string of the molecule is OC(CC1CC2CCC23CC13)(C(F)(F)F)C(F)(F)F. The van der Waals surface area contributed by atoms with Crippen molar-refractivity contribution in [3.05, 3.63) is 0 Å². The number of halogens is 6. The molecule has 4 atom stereocenters. The molecule has 0 aromatic rings. The summed E-state index contributed by atoms with van der Waals surface area (Å²) in [5.74, 6) is -0.406. The minimum Gasteiger partial charge on any atom is -0.374 e. The van der Waals surface area contributed by atoms with Crippen molar-refractivity contribution in [3.63, 3.8) is 0 Å². The minimum atomic E-state index is -5.67. The molecule has 0 aromatic carbocycles. The van der Waals surface area contributed by atoms with Gasteiger partial charge in [-0.1, -0.05) is 0 Å². The van der Waals surface area contributed by atoms with Crippen LogP contribution in [0.4, 0.5) is 26.3 Å². The molecule has 0 amide bonds. The topological polar surface area (TPSA) is 20.2 Å². The van der Waals surface area contributed by atoms with Crippen LogP contribution < -0.4 is 0 Å². The average Bonchev–Trinajstić information content (AvgIpc) is 2.91. The Balaban J connectivity index is 1.80. The molecule has 19 heavy (non-hydrogen) atoms. The van der Waals surface area contributed by atoms with Gasteiger partial charge in [0.2, 0.25) is 0 Å². The van der Waals surface area contributed by atoms with Crippen LogP contribution in [-0.4, -0.2) is 23.1 Å². The van der Waals surface area contributed by atoms with E-state index in [0.29, 0.717) is 6.42 Å². The predicted molar refractivity (Wildman–Crippen MR) is 53.0 cm³/mol. The van der Waals surface area contributed by atoms with Crippen molar-refractivity contribution in [2.24, 2.45) is 23.2 Å². The second-order valence-corrected chi connectivity index (χ2v) is 6.34. The fourth-order valence-corrected chi connectivity index (χ4v) is 4.34. The van der Waals surface area contributed by atoms with E-state index < -0.39 is 30.3 Å². The summed E-state index contributed by atoms with van der Waals surface area (Å²) in [6, 6.07) is 0. The summed E-state index contributed by atoms with van der Waals surface area (Å²) in [5.41, 5.74) is -4.51. The Kier molecular flexibility index (Phi) is 2.42. The summed E-state index contributed by atoms with van der Waals surface area (Å²) in [6.45, 7) is 0. The van der Waals surface area contributed by atoms with Gasteiger partial charge in [0.25, 0.3) is 5.60 Å². The van der Waals surface area contributed by atoms with Crippen LogP contribution in [0.5, 0.6) is 0 Å². The largest absolute Gasteiger partial charge is 0.426 e. The first-order valence-electron chi connectivity index (χ1n) is 6.37. The molecule has 3 fully saturated rings. The van der Waals surface area contributed by atoms with Crippen molar-refractivity contribution >= 4 is 0 Å². The lowest BCUT2D eigenvalue weighted by Gasteiger charge is -2.35. The Morgan fingerprint density at radius 2 is 1.63 bits per heavy atom. The molecule has 0 heterocycles. The van der Waals surface area contributed by atoms with E-state index in [1.165, 1.54) is 0 Å². The van der Waals surface area contributed by atoms with Crippen LogP contribution in [0.25, 0.3) is 0 Å². The van der Waals surface area contributed by atoms with Crippen LogP contribution in [0.2, 0.25) is 0 Å². The molecular weight excluding hydrogens is 274 g/mol. The third-order valence-corrected chi connectivity index (χ3v) is 5.60. The summed E-state index contributed by atoms with van der Waals surface area (Å²) in [6.07, 6.45) is -9.60. The molecule has 110 valence electrons. The molecule has 0 aromatic heterocycles. The summed E-state index contributed by atoms with van der Waals surface area (Å²) >= 11 is 0. The lowest BCUT2D eigenvalue weighted by Crippen LogP contribution is -2.57. The maximum Gasteiger partial charge on any atom is 0.426 e. The monoisotopic (exact) mass is 288 g/mol. The number of hydrogen-bond donors (Lipinski definition) is 1. The van der Waals surface area contributed by atoms with E-state index >= 15 is 0 Å². The van der Waals surface area contributed by atoms with Crippen LogP contribution in [-0.2, 0) is 0 Å². The van der Waals surface area contributed by atoms with Gasteiger partial charge in [-0.25, -0.2) is 0 Å². The van der Waals surface area contributed by atoms with E-state index in [9.17, 15) is 31.4 Å². The summed E-state index contributed by atoms with van der Waals surface area (Å²) in [5, 5.41) is 9.22. The first-order valence-corrected chi connectivity index (χ1v) is 6.37. The maximum atomic E-state index is 12.6. The zero-order chi connectivity index (χ0) is 14.3. The average molecular weight is 288 g/mol. The smallest absolute Gasteiger partial charge is 0.374 e. The fraction of sp³-hybridized carbons (Fsp3) is 1.00. The summed E-state index contributed by atoms with van der Waals surface area (Å²) < 4.78 is 75.8. The summed E-state index contributed by atoms with van der Waals surface area (Å²) in [7, 11) is 0. The molecule has 7 heteroatoms. The molecule has 1 nitrogen and oxygen atoms in total. The van der Waals surface area contributed by atoms with Crippen LogP contribution >= 0.6 is 0 Å². The number of alkyl halides is 6. The zero-order valence-corrected chi connectivity index (χ0v) is 9.98. The molecule has 1 spiro atoms. The number of hydrogen-bond acceptors (Lipinski definition) is 1. The standard InChI is InChI=1S/C12H14F6O/c13-11(14,15)10(19,12(16,17)18)4-6-3-7-1-2-9(7)5-8(6)9/h6-8,19H,1-5H2. The van der Waals surface area contributed by atoms with Gasteiger partial charge >= 0.3 is 12.4 Å². The van der Waals surface area contributed by atoms with Gasteiger partial charge in [0.15, 0.2) is 0 Å². The van der Waals surface area contributed by atoms with Crippen molar-refractivity contribution in [2.45, 2.75) is 50.1 Å².